The SMILES string of the molecule is CCOc1ccc([C@@H](C(=O)NC2CCCCCC2)N(CCc2ccccc2)C(=O)CCl)cc1OC. The number of hydrogen-bond acceptors (Lipinski definition) is 4. The highest BCUT2D eigenvalue weighted by atomic mass is 35.5. The van der Waals surface area contributed by atoms with Crippen LogP contribution in [0.15, 0.2) is 48.5 Å². The molecule has 0 saturated heterocycles. The van der Waals surface area contributed by atoms with Gasteiger partial charge in [0.1, 0.15) is 11.9 Å². The Labute approximate surface area is 213 Å². The molecule has 1 aliphatic carbocycles. The molecule has 35 heavy (non-hydrogen) atoms. The van der Waals surface area contributed by atoms with E-state index >= 15 is 0 Å². The number of halogens is 1. The van der Waals surface area contributed by atoms with E-state index in [1.165, 1.54) is 12.8 Å². The van der Waals surface area contributed by atoms with Gasteiger partial charge in [-0.1, -0.05) is 62.1 Å². The largest absolute Gasteiger partial charge is 0.493 e. The molecule has 1 fully saturated rings. The average Bonchev–Trinajstić information content (AvgIpc) is 3.15. The molecule has 7 heteroatoms. The van der Waals surface area contributed by atoms with Crippen molar-refractivity contribution in [2.24, 2.45) is 0 Å². The molecule has 190 valence electrons. The van der Waals surface area contributed by atoms with Crippen molar-refractivity contribution >= 4 is 23.4 Å². The molecule has 0 aromatic heterocycles. The molecular formula is C28H37ClN2O4. The second-order valence-corrected chi connectivity index (χ2v) is 9.17. The van der Waals surface area contributed by atoms with Crippen molar-refractivity contribution in [3.8, 4) is 11.5 Å². The number of nitrogens with one attached hydrogen (secondary N) is 1. The lowest BCUT2D eigenvalue weighted by Crippen LogP contribution is -2.47. The summed E-state index contributed by atoms with van der Waals surface area (Å²) in [5.41, 5.74) is 1.76. The molecule has 0 spiro atoms. The van der Waals surface area contributed by atoms with E-state index < -0.39 is 6.04 Å². The Morgan fingerprint density at radius 1 is 1.06 bits per heavy atom. The average molecular weight is 501 g/mol. The van der Waals surface area contributed by atoms with Gasteiger partial charge in [0.2, 0.25) is 11.8 Å². The monoisotopic (exact) mass is 500 g/mol. The number of hydrogen-bond donors (Lipinski definition) is 1. The molecule has 0 bridgehead atoms. The van der Waals surface area contributed by atoms with Crippen LogP contribution in [0.5, 0.6) is 11.5 Å². The Morgan fingerprint density at radius 2 is 1.77 bits per heavy atom. The van der Waals surface area contributed by atoms with Crippen molar-refractivity contribution in [1.82, 2.24) is 10.2 Å². The fraction of sp³-hybridized carbons (Fsp3) is 0.500. The van der Waals surface area contributed by atoms with E-state index in [2.05, 4.69) is 5.32 Å². The van der Waals surface area contributed by atoms with Crippen LogP contribution in [0.4, 0.5) is 0 Å². The number of benzene rings is 2. The maximum atomic E-state index is 13.8. The minimum absolute atomic E-state index is 0.110. The first-order chi connectivity index (χ1) is 17.1. The molecule has 0 heterocycles. The Morgan fingerprint density at radius 3 is 2.40 bits per heavy atom. The van der Waals surface area contributed by atoms with Gasteiger partial charge in [-0.15, -0.1) is 11.6 Å². The molecule has 2 aromatic carbocycles. The summed E-state index contributed by atoms with van der Waals surface area (Å²) in [6.45, 7) is 2.77. The van der Waals surface area contributed by atoms with Crippen molar-refractivity contribution in [3.63, 3.8) is 0 Å². The van der Waals surface area contributed by atoms with Crippen LogP contribution in [0.2, 0.25) is 0 Å². The fourth-order valence-electron chi connectivity index (χ4n) is 4.67. The highest BCUT2D eigenvalue weighted by Crippen LogP contribution is 2.33. The number of methoxy groups -OCH3 is 1. The van der Waals surface area contributed by atoms with Crippen LogP contribution in [0.3, 0.4) is 0 Å². The number of ether oxygens (including phenoxy) is 2. The van der Waals surface area contributed by atoms with Crippen molar-refractivity contribution in [3.05, 3.63) is 59.7 Å². The number of amides is 2. The Bertz CT molecular complexity index is 945. The molecule has 6 nitrogen and oxygen atoms in total. The summed E-state index contributed by atoms with van der Waals surface area (Å²) >= 11 is 6.04. The zero-order valence-corrected chi connectivity index (χ0v) is 21.6. The molecule has 2 aromatic rings. The third kappa shape index (κ3) is 7.63. The predicted molar refractivity (Wildman–Crippen MR) is 139 cm³/mol. The third-order valence-corrected chi connectivity index (χ3v) is 6.71. The van der Waals surface area contributed by atoms with Crippen LogP contribution in [0, 0.1) is 0 Å². The lowest BCUT2D eigenvalue weighted by Gasteiger charge is -2.32. The van der Waals surface area contributed by atoms with Gasteiger partial charge in [0.15, 0.2) is 11.5 Å². The number of carbonyl (C=O) groups is 2. The maximum absolute atomic E-state index is 13.8. The van der Waals surface area contributed by atoms with E-state index in [1.54, 1.807) is 24.1 Å². The second kappa shape index (κ2) is 14.0. The van der Waals surface area contributed by atoms with Gasteiger partial charge in [0, 0.05) is 12.6 Å². The predicted octanol–water partition coefficient (Wildman–Crippen LogP) is 5.28. The maximum Gasteiger partial charge on any atom is 0.247 e. The van der Waals surface area contributed by atoms with Crippen molar-refractivity contribution in [2.75, 3.05) is 26.1 Å². The van der Waals surface area contributed by atoms with E-state index in [0.29, 0.717) is 36.6 Å². The zero-order valence-electron chi connectivity index (χ0n) is 20.8. The summed E-state index contributed by atoms with van der Waals surface area (Å²) in [5, 5.41) is 3.24. The van der Waals surface area contributed by atoms with Crippen LogP contribution in [0.1, 0.15) is 62.6 Å². The van der Waals surface area contributed by atoms with Gasteiger partial charge in [0.05, 0.1) is 13.7 Å². The molecule has 3 rings (SSSR count). The summed E-state index contributed by atoms with van der Waals surface area (Å²) in [4.78, 5) is 28.5. The van der Waals surface area contributed by atoms with Gasteiger partial charge in [-0.25, -0.2) is 0 Å². The normalized spacial score (nSPS) is 15.1. The second-order valence-electron chi connectivity index (χ2n) is 8.90. The molecule has 0 unspecified atom stereocenters. The van der Waals surface area contributed by atoms with E-state index in [0.717, 1.165) is 31.2 Å². The third-order valence-electron chi connectivity index (χ3n) is 6.48. The molecule has 1 aliphatic rings. The molecule has 0 aliphatic heterocycles. The quantitative estimate of drug-likeness (QED) is 0.336. The topological polar surface area (TPSA) is 67.9 Å². The zero-order chi connectivity index (χ0) is 25.0. The fourth-order valence-corrected chi connectivity index (χ4v) is 4.83. The van der Waals surface area contributed by atoms with E-state index in [1.807, 2.05) is 43.3 Å². The van der Waals surface area contributed by atoms with Crippen LogP contribution < -0.4 is 14.8 Å². The summed E-state index contributed by atoms with van der Waals surface area (Å²) in [6, 6.07) is 14.6. The molecular weight excluding hydrogens is 464 g/mol. The molecule has 0 radical (unpaired) electrons. The minimum Gasteiger partial charge on any atom is -0.493 e. The molecule has 1 saturated carbocycles. The lowest BCUT2D eigenvalue weighted by molar-refractivity contribution is -0.139. The number of nitrogens with zero attached hydrogens (tertiary/aromatic N) is 1. The molecule has 2 amide bonds. The molecule has 1 N–H and O–H groups in total. The summed E-state index contributed by atoms with van der Waals surface area (Å²) in [6.07, 6.45) is 7.12. The Kier molecular flexibility index (Phi) is 10.7. The minimum atomic E-state index is -0.821. The van der Waals surface area contributed by atoms with Crippen molar-refractivity contribution in [2.45, 2.75) is 64.0 Å². The van der Waals surface area contributed by atoms with Crippen LogP contribution in [-0.2, 0) is 16.0 Å². The summed E-state index contributed by atoms with van der Waals surface area (Å²) < 4.78 is 11.2. The van der Waals surface area contributed by atoms with Gasteiger partial charge < -0.3 is 19.7 Å². The van der Waals surface area contributed by atoms with Crippen LogP contribution >= 0.6 is 11.6 Å². The van der Waals surface area contributed by atoms with E-state index in [4.69, 9.17) is 21.1 Å². The van der Waals surface area contributed by atoms with Crippen molar-refractivity contribution in [1.29, 1.82) is 0 Å². The Balaban J connectivity index is 1.95. The van der Waals surface area contributed by atoms with Gasteiger partial charge in [-0.3, -0.25) is 9.59 Å². The van der Waals surface area contributed by atoms with Gasteiger partial charge in [0.25, 0.3) is 0 Å². The van der Waals surface area contributed by atoms with E-state index in [-0.39, 0.29) is 23.7 Å². The summed E-state index contributed by atoms with van der Waals surface area (Å²) in [7, 11) is 1.57. The van der Waals surface area contributed by atoms with Crippen LogP contribution in [0.25, 0.3) is 0 Å². The first kappa shape index (κ1) is 26.9. The first-order valence-corrected chi connectivity index (χ1v) is 13.1. The number of carbonyl (C=O) groups excluding carboxylic acids is 2. The lowest BCUT2D eigenvalue weighted by atomic mass is 10.0. The van der Waals surface area contributed by atoms with Crippen LogP contribution in [-0.4, -0.2) is 48.9 Å². The highest BCUT2D eigenvalue weighted by molar-refractivity contribution is 6.27. The first-order valence-electron chi connectivity index (χ1n) is 12.6. The number of rotatable bonds is 11. The smallest absolute Gasteiger partial charge is 0.247 e. The van der Waals surface area contributed by atoms with Gasteiger partial charge in [-0.2, -0.15) is 0 Å². The van der Waals surface area contributed by atoms with Crippen molar-refractivity contribution < 1.29 is 19.1 Å². The van der Waals surface area contributed by atoms with E-state index in [9.17, 15) is 9.59 Å². The Hall–Kier alpha value is -2.73. The number of alkyl halides is 1. The highest BCUT2D eigenvalue weighted by Gasteiger charge is 2.33. The van der Waals surface area contributed by atoms with Gasteiger partial charge in [-0.05, 0) is 49.4 Å². The molecule has 1 atom stereocenters. The summed E-state index contributed by atoms with van der Waals surface area (Å²) in [5.74, 6) is 0.459. The standard InChI is InChI=1S/C28H37ClN2O4/c1-3-35-24-16-15-22(19-25(24)34-2)27(28(33)30-23-13-9-4-5-10-14-23)31(26(32)20-29)18-17-21-11-7-6-8-12-21/h6-8,11-12,15-16,19,23,27H,3-5,9-10,13-14,17-18,20H2,1-2H3,(H,30,33)/t27-/m0/s1. The van der Waals surface area contributed by atoms with Gasteiger partial charge >= 0.3 is 0 Å².